The highest BCUT2D eigenvalue weighted by Gasteiger charge is 2.08. The first-order valence-corrected chi connectivity index (χ1v) is 7.97. The summed E-state index contributed by atoms with van der Waals surface area (Å²) in [7, 11) is 1.23. The molecule has 1 N–H and O–H groups in total. The second-order valence-corrected chi connectivity index (χ2v) is 5.70. The maximum absolute atomic E-state index is 11.1. The normalized spacial score (nSPS) is 11.0. The second-order valence-electron chi connectivity index (χ2n) is 4.88. The van der Waals surface area contributed by atoms with Crippen molar-refractivity contribution in [3.63, 3.8) is 0 Å². The summed E-state index contributed by atoms with van der Waals surface area (Å²) in [5.74, 6) is 0.255. The third-order valence-corrected chi connectivity index (χ3v) is 3.84. The number of nitrogens with one attached hydrogen (secondary N) is 1. The molecule has 0 bridgehead atoms. The molecule has 1 amide bonds. The number of carbonyl (C=O) groups excluding carboxylic acids is 1. The zero-order valence-corrected chi connectivity index (χ0v) is 15.1. The summed E-state index contributed by atoms with van der Waals surface area (Å²) in [6.07, 6.45) is -0.741. The van der Waals surface area contributed by atoms with Crippen LogP contribution in [-0.2, 0) is 16.2 Å². The highest BCUT2D eigenvalue weighted by atomic mass is 35.5. The minimum Gasteiger partial charge on any atom is -0.451 e. The van der Waals surface area contributed by atoms with Crippen molar-refractivity contribution in [2.24, 2.45) is 5.16 Å². The molecule has 0 aliphatic carbocycles. The fourth-order valence-corrected chi connectivity index (χ4v) is 2.16. The quantitative estimate of drug-likeness (QED) is 0.586. The molecule has 2 rings (SSSR count). The van der Waals surface area contributed by atoms with Crippen molar-refractivity contribution >= 4 is 35.0 Å². The number of hydrogen-bond donors (Lipinski definition) is 1. The van der Waals surface area contributed by atoms with Gasteiger partial charge in [0, 0.05) is 16.1 Å². The Morgan fingerprint density at radius 1 is 1.16 bits per heavy atom. The number of hydrogen-bond acceptors (Lipinski definition) is 5. The topological polar surface area (TPSA) is 69.2 Å². The van der Waals surface area contributed by atoms with Gasteiger partial charge >= 0.3 is 6.09 Å². The Kier molecular flexibility index (Phi) is 6.91. The third-order valence-electron chi connectivity index (χ3n) is 3.16. The smallest absolute Gasteiger partial charge is 0.440 e. The van der Waals surface area contributed by atoms with E-state index in [1.54, 1.807) is 31.2 Å². The Hall–Kier alpha value is -2.44. The van der Waals surface area contributed by atoms with E-state index in [-0.39, 0.29) is 12.4 Å². The Morgan fingerprint density at radius 3 is 2.64 bits per heavy atom. The summed E-state index contributed by atoms with van der Waals surface area (Å²) >= 11 is 12.1. The molecule has 0 radical (unpaired) electrons. The van der Waals surface area contributed by atoms with E-state index in [1.807, 2.05) is 18.2 Å². The molecule has 6 nitrogen and oxygen atoms in total. The molecule has 0 saturated heterocycles. The van der Waals surface area contributed by atoms with Crippen molar-refractivity contribution in [2.75, 3.05) is 7.11 Å². The number of nitrogens with zero attached hydrogens (tertiary/aromatic N) is 1. The highest BCUT2D eigenvalue weighted by molar-refractivity contribution is 6.32. The highest BCUT2D eigenvalue weighted by Crippen LogP contribution is 2.25. The van der Waals surface area contributed by atoms with Crippen LogP contribution < -0.4 is 10.3 Å². The van der Waals surface area contributed by atoms with Gasteiger partial charge in [0.05, 0.1) is 17.8 Å². The van der Waals surface area contributed by atoms with Crippen molar-refractivity contribution in [3.05, 3.63) is 63.6 Å². The predicted molar refractivity (Wildman–Crippen MR) is 96.1 cm³/mol. The predicted octanol–water partition coefficient (Wildman–Crippen LogP) is 4.58. The number of methoxy groups -OCH3 is 1. The number of rotatable bonds is 6. The maximum atomic E-state index is 11.1. The standard InChI is InChI=1S/C17H16Cl2N2O4/c1-11(20-24-10-13-5-3-4-6-14(13)18)12-7-8-15(19)16(9-12)25-21-17(22)23-2/h3-9H,10H2,1-2H3,(H,21,22). The van der Waals surface area contributed by atoms with E-state index in [1.165, 1.54) is 7.11 Å². The van der Waals surface area contributed by atoms with Crippen LogP contribution in [0.15, 0.2) is 47.6 Å². The zero-order valence-electron chi connectivity index (χ0n) is 13.6. The fraction of sp³-hybridized carbons (Fsp3) is 0.176. The van der Waals surface area contributed by atoms with E-state index >= 15 is 0 Å². The molecule has 2 aromatic rings. The molecule has 0 saturated carbocycles. The number of amides is 1. The monoisotopic (exact) mass is 382 g/mol. The average molecular weight is 383 g/mol. The van der Waals surface area contributed by atoms with Crippen LogP contribution in [0.5, 0.6) is 5.75 Å². The van der Waals surface area contributed by atoms with Gasteiger partial charge in [0.2, 0.25) is 0 Å². The average Bonchev–Trinajstić information content (AvgIpc) is 2.62. The van der Waals surface area contributed by atoms with Gasteiger partial charge in [-0.25, -0.2) is 4.79 Å². The van der Waals surface area contributed by atoms with Crippen molar-refractivity contribution in [1.82, 2.24) is 5.48 Å². The van der Waals surface area contributed by atoms with Crippen LogP contribution in [0.3, 0.4) is 0 Å². The van der Waals surface area contributed by atoms with Crippen LogP contribution in [0.25, 0.3) is 0 Å². The number of ether oxygens (including phenoxy) is 1. The molecule has 0 aromatic heterocycles. The number of carbonyl (C=O) groups is 1. The number of benzene rings is 2. The summed E-state index contributed by atoms with van der Waals surface area (Å²) in [5.41, 5.74) is 4.25. The summed E-state index contributed by atoms with van der Waals surface area (Å²) in [6, 6.07) is 12.4. The van der Waals surface area contributed by atoms with Gasteiger partial charge in [-0.3, -0.25) is 0 Å². The summed E-state index contributed by atoms with van der Waals surface area (Å²) in [5, 5.41) is 5.00. The molecule has 25 heavy (non-hydrogen) atoms. The Balaban J connectivity index is 2.04. The lowest BCUT2D eigenvalue weighted by molar-refractivity contribution is 0.118. The molecule has 0 fully saturated rings. The molecule has 0 aliphatic rings. The molecule has 8 heteroatoms. The van der Waals surface area contributed by atoms with E-state index in [4.69, 9.17) is 32.9 Å². The van der Waals surface area contributed by atoms with E-state index in [2.05, 4.69) is 15.4 Å². The Bertz CT molecular complexity index is 781. The van der Waals surface area contributed by atoms with Crippen molar-refractivity contribution in [3.8, 4) is 5.75 Å². The minimum atomic E-state index is -0.741. The van der Waals surface area contributed by atoms with Gasteiger partial charge in [-0.1, -0.05) is 52.6 Å². The van der Waals surface area contributed by atoms with Gasteiger partial charge in [-0.15, -0.1) is 0 Å². The van der Waals surface area contributed by atoms with Crippen LogP contribution >= 0.6 is 23.2 Å². The van der Waals surface area contributed by atoms with Crippen LogP contribution in [0, 0.1) is 0 Å². The Morgan fingerprint density at radius 2 is 1.92 bits per heavy atom. The SMILES string of the molecule is COC(=O)NOc1cc(C(C)=NOCc2ccccc2Cl)ccc1Cl. The largest absolute Gasteiger partial charge is 0.451 e. The molecule has 0 aliphatic heterocycles. The number of hydroxylamine groups is 1. The molecule has 132 valence electrons. The van der Waals surface area contributed by atoms with Crippen LogP contribution in [0.4, 0.5) is 4.79 Å². The molecular weight excluding hydrogens is 367 g/mol. The van der Waals surface area contributed by atoms with Crippen LogP contribution in [-0.4, -0.2) is 18.9 Å². The lowest BCUT2D eigenvalue weighted by Gasteiger charge is -2.09. The molecule has 2 aromatic carbocycles. The van der Waals surface area contributed by atoms with Crippen molar-refractivity contribution < 1.29 is 19.2 Å². The van der Waals surface area contributed by atoms with E-state index in [0.29, 0.717) is 21.3 Å². The second kappa shape index (κ2) is 9.15. The van der Waals surface area contributed by atoms with Gasteiger partial charge in [0.25, 0.3) is 0 Å². The summed E-state index contributed by atoms with van der Waals surface area (Å²) in [4.78, 5) is 21.5. The summed E-state index contributed by atoms with van der Waals surface area (Å²) < 4.78 is 4.42. The van der Waals surface area contributed by atoms with Gasteiger partial charge < -0.3 is 14.4 Å². The Labute approximate surface area is 155 Å². The first kappa shape index (κ1) is 18.9. The molecular formula is C17H16Cl2N2O4. The molecule has 0 atom stereocenters. The number of oxime groups is 1. The van der Waals surface area contributed by atoms with E-state index in [9.17, 15) is 4.79 Å². The lowest BCUT2D eigenvalue weighted by Crippen LogP contribution is -2.26. The number of halogens is 2. The fourth-order valence-electron chi connectivity index (χ4n) is 1.81. The van der Waals surface area contributed by atoms with Crippen molar-refractivity contribution in [2.45, 2.75) is 13.5 Å². The van der Waals surface area contributed by atoms with Gasteiger partial charge in [0.1, 0.15) is 6.61 Å². The maximum Gasteiger partial charge on any atom is 0.440 e. The van der Waals surface area contributed by atoms with E-state index < -0.39 is 6.09 Å². The first-order valence-electron chi connectivity index (χ1n) is 7.22. The summed E-state index contributed by atoms with van der Waals surface area (Å²) in [6.45, 7) is 2.02. The van der Waals surface area contributed by atoms with Gasteiger partial charge in [-0.05, 0) is 25.1 Å². The zero-order chi connectivity index (χ0) is 18.2. The molecule has 0 unspecified atom stereocenters. The lowest BCUT2D eigenvalue weighted by atomic mass is 10.1. The van der Waals surface area contributed by atoms with Crippen LogP contribution in [0.1, 0.15) is 18.1 Å². The van der Waals surface area contributed by atoms with E-state index in [0.717, 1.165) is 5.56 Å². The van der Waals surface area contributed by atoms with Crippen LogP contribution in [0.2, 0.25) is 10.0 Å². The minimum absolute atomic E-state index is 0.248. The molecule has 0 spiro atoms. The molecule has 0 heterocycles. The van der Waals surface area contributed by atoms with Gasteiger partial charge in [0.15, 0.2) is 5.75 Å². The van der Waals surface area contributed by atoms with Crippen molar-refractivity contribution in [1.29, 1.82) is 0 Å². The van der Waals surface area contributed by atoms with Gasteiger partial charge in [-0.2, -0.15) is 5.48 Å². The first-order chi connectivity index (χ1) is 12.0. The third kappa shape index (κ3) is 5.55.